The van der Waals surface area contributed by atoms with Gasteiger partial charge in [-0.1, -0.05) is 6.07 Å². The number of carbonyl (C=O) groups excluding carboxylic acids is 1. The smallest absolute Gasteiger partial charge is 0.261 e. The molecular weight excluding hydrogens is 312 g/mol. The normalized spacial score (nSPS) is 10.9. The molecule has 3 rings (SSSR count). The molecular formula is C16H16N4O2S. The Morgan fingerprint density at radius 3 is 2.74 bits per heavy atom. The Balaban J connectivity index is 1.85. The van der Waals surface area contributed by atoms with Gasteiger partial charge in [-0.25, -0.2) is 0 Å². The molecule has 1 amide bonds. The molecule has 1 aromatic carbocycles. The van der Waals surface area contributed by atoms with Crippen molar-refractivity contribution in [3.05, 3.63) is 57.0 Å². The van der Waals surface area contributed by atoms with Gasteiger partial charge in [-0.15, -0.1) is 0 Å². The van der Waals surface area contributed by atoms with Gasteiger partial charge in [0.25, 0.3) is 11.5 Å². The lowest BCUT2D eigenvalue weighted by Crippen LogP contribution is -2.31. The molecule has 0 saturated heterocycles. The van der Waals surface area contributed by atoms with Gasteiger partial charge in [0.1, 0.15) is 16.6 Å². The van der Waals surface area contributed by atoms with E-state index in [4.69, 9.17) is 0 Å². The molecule has 2 aromatic heterocycles. The molecule has 1 N–H and O–H groups in total. The highest BCUT2D eigenvalue weighted by molar-refractivity contribution is 7.00. The molecule has 0 saturated carbocycles. The van der Waals surface area contributed by atoms with Crippen LogP contribution < -0.4 is 5.56 Å². The molecule has 0 atom stereocenters. The molecule has 0 fully saturated rings. The van der Waals surface area contributed by atoms with Crippen molar-refractivity contribution in [1.82, 2.24) is 18.6 Å². The molecule has 3 aromatic rings. The molecule has 23 heavy (non-hydrogen) atoms. The summed E-state index contributed by atoms with van der Waals surface area (Å²) in [5, 5.41) is 0. The van der Waals surface area contributed by atoms with Crippen LogP contribution in [0.15, 0.2) is 29.1 Å². The number of amides is 1. The minimum Gasteiger partial charge on any atom is -0.337 e. The van der Waals surface area contributed by atoms with Crippen molar-refractivity contribution >= 4 is 28.7 Å². The highest BCUT2D eigenvalue weighted by Crippen LogP contribution is 2.15. The molecule has 0 bridgehead atoms. The predicted molar refractivity (Wildman–Crippen MR) is 89.7 cm³/mol. The fourth-order valence-corrected chi connectivity index (χ4v) is 2.88. The number of nitrogens with zero attached hydrogens (tertiary/aromatic N) is 3. The van der Waals surface area contributed by atoms with Gasteiger partial charge in [-0.05, 0) is 43.2 Å². The van der Waals surface area contributed by atoms with Gasteiger partial charge in [-0.3, -0.25) is 9.59 Å². The molecule has 0 aliphatic rings. The molecule has 0 aliphatic heterocycles. The van der Waals surface area contributed by atoms with E-state index in [1.807, 2.05) is 32.0 Å². The highest BCUT2D eigenvalue weighted by Gasteiger charge is 2.17. The number of aryl methyl sites for hydroxylation is 2. The fourth-order valence-electron chi connectivity index (χ4n) is 2.36. The van der Waals surface area contributed by atoms with E-state index in [-0.39, 0.29) is 17.0 Å². The van der Waals surface area contributed by atoms with Crippen LogP contribution in [0.1, 0.15) is 27.2 Å². The second kappa shape index (κ2) is 5.92. The van der Waals surface area contributed by atoms with E-state index in [1.165, 1.54) is 4.90 Å². The van der Waals surface area contributed by atoms with Crippen LogP contribution >= 0.6 is 11.7 Å². The van der Waals surface area contributed by atoms with Crippen molar-refractivity contribution in [2.45, 2.75) is 20.4 Å². The number of H-pyrrole nitrogens is 1. The van der Waals surface area contributed by atoms with Crippen LogP contribution in [0.25, 0.3) is 11.0 Å². The lowest BCUT2D eigenvalue weighted by Gasteiger charge is -2.17. The summed E-state index contributed by atoms with van der Waals surface area (Å²) in [5.74, 6) is -0.300. The van der Waals surface area contributed by atoms with Crippen molar-refractivity contribution < 1.29 is 4.79 Å². The third kappa shape index (κ3) is 3.00. The second-order valence-corrected chi connectivity index (χ2v) is 6.10. The molecule has 2 heterocycles. The topological polar surface area (TPSA) is 79.0 Å². The van der Waals surface area contributed by atoms with E-state index < -0.39 is 0 Å². The number of rotatable bonds is 3. The van der Waals surface area contributed by atoms with Crippen LogP contribution in [0.5, 0.6) is 0 Å². The van der Waals surface area contributed by atoms with Crippen molar-refractivity contribution in [3.8, 4) is 0 Å². The molecule has 0 radical (unpaired) electrons. The van der Waals surface area contributed by atoms with Gasteiger partial charge in [0, 0.05) is 19.3 Å². The number of pyridine rings is 1. The summed E-state index contributed by atoms with van der Waals surface area (Å²) in [4.78, 5) is 28.8. The minimum absolute atomic E-state index is 0.159. The zero-order valence-electron chi connectivity index (χ0n) is 13.1. The molecule has 0 spiro atoms. The van der Waals surface area contributed by atoms with E-state index in [2.05, 4.69) is 13.7 Å². The Morgan fingerprint density at radius 2 is 1.96 bits per heavy atom. The Bertz CT molecular complexity index is 945. The number of carbonyl (C=O) groups is 1. The van der Waals surface area contributed by atoms with E-state index in [1.54, 1.807) is 13.1 Å². The number of hydrogen-bond donors (Lipinski definition) is 1. The summed E-state index contributed by atoms with van der Waals surface area (Å²) < 4.78 is 8.35. The lowest BCUT2D eigenvalue weighted by atomic mass is 10.1. The van der Waals surface area contributed by atoms with E-state index in [0.717, 1.165) is 39.6 Å². The van der Waals surface area contributed by atoms with Crippen LogP contribution in [0.3, 0.4) is 0 Å². The molecule has 7 heteroatoms. The number of aromatic amines is 1. The standard InChI is InChI=1S/C16H16N4O2S/c1-9-6-12(15(21)17-10(9)2)16(22)20(3)8-11-4-5-13-14(7-11)19-23-18-13/h4-7H,8H2,1-3H3,(H,17,21). The van der Waals surface area contributed by atoms with Crippen molar-refractivity contribution in [2.24, 2.45) is 0 Å². The first-order valence-electron chi connectivity index (χ1n) is 7.13. The Labute approximate surface area is 137 Å². The molecule has 6 nitrogen and oxygen atoms in total. The van der Waals surface area contributed by atoms with Crippen LogP contribution in [-0.2, 0) is 6.54 Å². The maximum atomic E-state index is 12.5. The number of benzene rings is 1. The Hall–Kier alpha value is -2.54. The summed E-state index contributed by atoms with van der Waals surface area (Å²) >= 11 is 1.16. The number of hydrogen-bond acceptors (Lipinski definition) is 5. The zero-order valence-corrected chi connectivity index (χ0v) is 13.9. The first kappa shape index (κ1) is 15.4. The van der Waals surface area contributed by atoms with E-state index in [0.29, 0.717) is 6.54 Å². The van der Waals surface area contributed by atoms with Gasteiger partial charge >= 0.3 is 0 Å². The quantitative estimate of drug-likeness (QED) is 0.800. The highest BCUT2D eigenvalue weighted by atomic mass is 32.1. The first-order valence-corrected chi connectivity index (χ1v) is 7.86. The Morgan fingerprint density at radius 1 is 1.22 bits per heavy atom. The van der Waals surface area contributed by atoms with Crippen molar-refractivity contribution in [1.29, 1.82) is 0 Å². The summed E-state index contributed by atoms with van der Waals surface area (Å²) in [5.41, 5.74) is 4.07. The molecule has 0 aliphatic carbocycles. The SMILES string of the molecule is Cc1cc(C(=O)N(C)Cc2ccc3nsnc3c2)c(=O)[nH]c1C. The summed E-state index contributed by atoms with van der Waals surface area (Å²) in [6.07, 6.45) is 0. The Kier molecular flexibility index (Phi) is 3.96. The van der Waals surface area contributed by atoms with Gasteiger partial charge in [0.2, 0.25) is 0 Å². The van der Waals surface area contributed by atoms with Crippen LogP contribution in [-0.4, -0.2) is 31.6 Å². The predicted octanol–water partition coefficient (Wildman–Crippen LogP) is 2.27. The molecule has 0 unspecified atom stereocenters. The largest absolute Gasteiger partial charge is 0.337 e. The fraction of sp³-hybridized carbons (Fsp3) is 0.250. The third-order valence-corrected chi connectivity index (χ3v) is 4.37. The van der Waals surface area contributed by atoms with Gasteiger partial charge in [-0.2, -0.15) is 8.75 Å². The summed E-state index contributed by atoms with van der Waals surface area (Å²) in [6, 6.07) is 7.35. The van der Waals surface area contributed by atoms with Gasteiger partial charge in [0.05, 0.1) is 11.7 Å². The van der Waals surface area contributed by atoms with Gasteiger partial charge in [0.15, 0.2) is 0 Å². The van der Waals surface area contributed by atoms with Gasteiger partial charge < -0.3 is 9.88 Å². The second-order valence-electron chi connectivity index (χ2n) is 5.57. The summed E-state index contributed by atoms with van der Waals surface area (Å²) in [6.45, 7) is 4.08. The molecule has 118 valence electrons. The monoisotopic (exact) mass is 328 g/mol. The van der Waals surface area contributed by atoms with Crippen LogP contribution in [0.2, 0.25) is 0 Å². The number of nitrogens with one attached hydrogen (secondary N) is 1. The number of aromatic nitrogens is 3. The number of fused-ring (bicyclic) bond motifs is 1. The maximum Gasteiger partial charge on any atom is 0.261 e. The third-order valence-electron chi connectivity index (χ3n) is 3.81. The average Bonchev–Trinajstić information content (AvgIpc) is 2.97. The van der Waals surface area contributed by atoms with Crippen molar-refractivity contribution in [2.75, 3.05) is 7.05 Å². The first-order chi connectivity index (χ1) is 11.0. The van der Waals surface area contributed by atoms with Crippen LogP contribution in [0, 0.1) is 13.8 Å². The minimum atomic E-state index is -0.357. The van der Waals surface area contributed by atoms with E-state index in [9.17, 15) is 9.59 Å². The zero-order chi connectivity index (χ0) is 16.6. The summed E-state index contributed by atoms with van der Waals surface area (Å²) in [7, 11) is 1.68. The average molecular weight is 328 g/mol. The van der Waals surface area contributed by atoms with E-state index >= 15 is 0 Å². The van der Waals surface area contributed by atoms with Crippen molar-refractivity contribution in [3.63, 3.8) is 0 Å². The van der Waals surface area contributed by atoms with Crippen LogP contribution in [0.4, 0.5) is 0 Å². The lowest BCUT2D eigenvalue weighted by molar-refractivity contribution is 0.0783. The maximum absolute atomic E-state index is 12.5.